The number of fused-ring (bicyclic) bond motifs is 1. The number of rotatable bonds is 2. The molecule has 3 aromatic rings. The number of hydrogen-bond donors (Lipinski definition) is 1. The van der Waals surface area contributed by atoms with Gasteiger partial charge >= 0.3 is 0 Å². The van der Waals surface area contributed by atoms with E-state index in [1.54, 1.807) is 6.07 Å². The highest BCUT2D eigenvalue weighted by Gasteiger charge is 2.21. The topological polar surface area (TPSA) is 92.9 Å². The molecule has 1 aromatic carbocycles. The average molecular weight is 313 g/mol. The van der Waals surface area contributed by atoms with Gasteiger partial charge in [-0.05, 0) is 23.6 Å². The summed E-state index contributed by atoms with van der Waals surface area (Å²) in [6, 6.07) is 9.37. The fraction of sp³-hybridized carbons (Fsp3) is 0.200. The molecule has 7 heteroatoms. The first-order chi connectivity index (χ1) is 10.5. The van der Waals surface area contributed by atoms with Crippen molar-refractivity contribution >= 4 is 23.1 Å². The minimum absolute atomic E-state index is 0.0583. The van der Waals surface area contributed by atoms with Gasteiger partial charge < -0.3 is 5.73 Å². The van der Waals surface area contributed by atoms with Crippen LogP contribution in [-0.2, 0) is 0 Å². The van der Waals surface area contributed by atoms with Gasteiger partial charge in [0.15, 0.2) is 11.5 Å². The zero-order valence-corrected chi connectivity index (χ0v) is 12.8. The van der Waals surface area contributed by atoms with Crippen LogP contribution in [0.5, 0.6) is 0 Å². The Labute approximate surface area is 132 Å². The second-order valence-corrected chi connectivity index (χ2v) is 5.64. The van der Waals surface area contributed by atoms with E-state index in [2.05, 4.69) is 15.3 Å². The van der Waals surface area contributed by atoms with E-state index in [9.17, 15) is 0 Å². The average Bonchev–Trinajstić information content (AvgIpc) is 2.88. The lowest BCUT2D eigenvalue weighted by molar-refractivity contribution is 0.785. The summed E-state index contributed by atoms with van der Waals surface area (Å²) in [5.74, 6) is 0.336. The minimum Gasteiger partial charge on any atom is -0.381 e. The Balaban J connectivity index is 2.40. The van der Waals surface area contributed by atoms with Crippen LogP contribution in [0.15, 0.2) is 24.3 Å². The lowest BCUT2D eigenvalue weighted by Gasteiger charge is -2.05. The van der Waals surface area contributed by atoms with Gasteiger partial charge in [-0.1, -0.05) is 37.6 Å². The van der Waals surface area contributed by atoms with Gasteiger partial charge in [0, 0.05) is 5.02 Å². The highest BCUT2D eigenvalue weighted by Crippen LogP contribution is 2.33. The van der Waals surface area contributed by atoms with Gasteiger partial charge in [0.1, 0.15) is 6.07 Å². The summed E-state index contributed by atoms with van der Waals surface area (Å²) in [7, 11) is 0. The third-order valence-corrected chi connectivity index (χ3v) is 3.60. The van der Waals surface area contributed by atoms with Crippen LogP contribution >= 0.6 is 11.6 Å². The van der Waals surface area contributed by atoms with Crippen molar-refractivity contribution in [2.45, 2.75) is 19.8 Å². The van der Waals surface area contributed by atoms with E-state index in [-0.39, 0.29) is 17.4 Å². The van der Waals surface area contributed by atoms with Crippen molar-refractivity contribution in [3.63, 3.8) is 0 Å². The molecule has 0 saturated heterocycles. The van der Waals surface area contributed by atoms with E-state index < -0.39 is 0 Å². The number of nitrogens with zero attached hydrogens (tertiary/aromatic N) is 5. The highest BCUT2D eigenvalue weighted by atomic mass is 35.5. The first-order valence-electron chi connectivity index (χ1n) is 6.73. The van der Waals surface area contributed by atoms with Gasteiger partial charge in [-0.25, -0.2) is 0 Å². The van der Waals surface area contributed by atoms with E-state index in [0.29, 0.717) is 10.7 Å². The zero-order valence-electron chi connectivity index (χ0n) is 12.1. The summed E-state index contributed by atoms with van der Waals surface area (Å²) >= 11 is 6.09. The van der Waals surface area contributed by atoms with Gasteiger partial charge in [-0.3, -0.25) is 0 Å². The van der Waals surface area contributed by atoms with Crippen LogP contribution in [0.3, 0.4) is 0 Å². The maximum absolute atomic E-state index is 9.03. The van der Waals surface area contributed by atoms with Crippen LogP contribution in [-0.4, -0.2) is 19.8 Å². The maximum atomic E-state index is 9.03. The Morgan fingerprint density at radius 3 is 2.73 bits per heavy atom. The SMILES string of the molecule is CC(C)c1nn2c(N)c(C#N)nnc2c1-c1cccc(Cl)c1. The molecule has 0 unspecified atom stereocenters. The fourth-order valence-electron chi connectivity index (χ4n) is 2.34. The third-order valence-electron chi connectivity index (χ3n) is 3.37. The quantitative estimate of drug-likeness (QED) is 0.785. The number of halogens is 1. The smallest absolute Gasteiger partial charge is 0.205 e. The minimum atomic E-state index is 0.0583. The lowest BCUT2D eigenvalue weighted by atomic mass is 10.00. The molecule has 0 atom stereocenters. The molecule has 0 spiro atoms. The molecule has 0 bridgehead atoms. The van der Waals surface area contributed by atoms with Crippen LogP contribution in [0, 0.1) is 11.3 Å². The second-order valence-electron chi connectivity index (χ2n) is 5.21. The second kappa shape index (κ2) is 5.28. The summed E-state index contributed by atoms with van der Waals surface area (Å²) in [6.45, 7) is 4.06. The molecule has 0 fully saturated rings. The van der Waals surface area contributed by atoms with Crippen molar-refractivity contribution in [1.82, 2.24) is 19.8 Å². The number of aromatic nitrogens is 4. The molecule has 110 valence electrons. The Morgan fingerprint density at radius 1 is 1.32 bits per heavy atom. The van der Waals surface area contributed by atoms with Crippen molar-refractivity contribution in [3.05, 3.63) is 40.7 Å². The molecule has 22 heavy (non-hydrogen) atoms. The van der Waals surface area contributed by atoms with Gasteiger partial charge in [0.2, 0.25) is 5.69 Å². The lowest BCUT2D eigenvalue weighted by Crippen LogP contribution is -2.06. The summed E-state index contributed by atoms with van der Waals surface area (Å²) in [5.41, 5.74) is 9.10. The van der Waals surface area contributed by atoms with Crippen molar-refractivity contribution < 1.29 is 0 Å². The molecule has 6 nitrogen and oxygen atoms in total. The molecular weight excluding hydrogens is 300 g/mol. The van der Waals surface area contributed by atoms with Crippen molar-refractivity contribution in [2.75, 3.05) is 5.73 Å². The Morgan fingerprint density at radius 2 is 2.09 bits per heavy atom. The van der Waals surface area contributed by atoms with E-state index in [1.165, 1.54) is 4.52 Å². The molecule has 2 N–H and O–H groups in total. The van der Waals surface area contributed by atoms with Crippen LogP contribution < -0.4 is 5.73 Å². The summed E-state index contributed by atoms with van der Waals surface area (Å²) < 4.78 is 1.47. The number of nitriles is 1. The van der Waals surface area contributed by atoms with Crippen molar-refractivity contribution in [3.8, 4) is 17.2 Å². The van der Waals surface area contributed by atoms with Gasteiger partial charge in [-0.2, -0.15) is 14.9 Å². The molecule has 0 radical (unpaired) electrons. The number of anilines is 1. The molecule has 0 aliphatic carbocycles. The van der Waals surface area contributed by atoms with Crippen LogP contribution in [0.4, 0.5) is 5.82 Å². The summed E-state index contributed by atoms with van der Waals surface area (Å²) in [4.78, 5) is 0. The molecule has 0 aliphatic rings. The molecule has 0 amide bonds. The van der Waals surface area contributed by atoms with Gasteiger partial charge in [0.05, 0.1) is 11.3 Å². The maximum Gasteiger partial charge on any atom is 0.205 e. The standard InChI is InChI=1S/C15H13ClN6/c1-8(2)13-12(9-4-3-5-10(16)6-9)15-20-19-11(7-17)14(18)22(15)21-13/h3-6,8H,18H2,1-2H3. The van der Waals surface area contributed by atoms with Crippen LogP contribution in [0.25, 0.3) is 16.8 Å². The number of hydrogen-bond acceptors (Lipinski definition) is 5. The highest BCUT2D eigenvalue weighted by molar-refractivity contribution is 6.30. The van der Waals surface area contributed by atoms with E-state index >= 15 is 0 Å². The van der Waals surface area contributed by atoms with Gasteiger partial charge in [0.25, 0.3) is 0 Å². The molecule has 0 saturated carbocycles. The predicted molar refractivity (Wildman–Crippen MR) is 84.4 cm³/mol. The molecule has 2 heterocycles. The van der Waals surface area contributed by atoms with E-state index in [1.807, 2.05) is 38.1 Å². The number of nitrogen functional groups attached to an aromatic ring is 1. The number of benzene rings is 1. The third kappa shape index (κ3) is 2.16. The fourth-order valence-corrected chi connectivity index (χ4v) is 2.53. The van der Waals surface area contributed by atoms with Crippen molar-refractivity contribution in [1.29, 1.82) is 5.26 Å². The van der Waals surface area contributed by atoms with E-state index in [4.69, 9.17) is 22.6 Å². The molecule has 0 aliphatic heterocycles. The number of nitrogens with two attached hydrogens (primary N) is 1. The predicted octanol–water partition coefficient (Wildman–Crippen LogP) is 3.02. The molecule has 3 rings (SSSR count). The van der Waals surface area contributed by atoms with Crippen molar-refractivity contribution in [2.24, 2.45) is 0 Å². The zero-order chi connectivity index (χ0) is 15.9. The van der Waals surface area contributed by atoms with Crippen LogP contribution in [0.1, 0.15) is 31.2 Å². The Hall–Kier alpha value is -2.65. The summed E-state index contributed by atoms with van der Waals surface area (Å²) in [5, 5.41) is 22.2. The monoisotopic (exact) mass is 312 g/mol. The Bertz CT molecular complexity index is 906. The largest absolute Gasteiger partial charge is 0.381 e. The molecular formula is C15H13ClN6. The summed E-state index contributed by atoms with van der Waals surface area (Å²) in [6.07, 6.45) is 0. The molecule has 2 aromatic heterocycles. The van der Waals surface area contributed by atoms with Gasteiger partial charge in [-0.15, -0.1) is 10.2 Å². The first-order valence-corrected chi connectivity index (χ1v) is 7.11. The normalized spacial score (nSPS) is 11.0. The Kier molecular flexibility index (Phi) is 3.43. The first kappa shape index (κ1) is 14.3. The van der Waals surface area contributed by atoms with Crippen LogP contribution in [0.2, 0.25) is 5.02 Å². The van der Waals surface area contributed by atoms with E-state index in [0.717, 1.165) is 16.8 Å².